The molecule has 186 valence electrons. The van der Waals surface area contributed by atoms with Crippen molar-refractivity contribution in [1.82, 2.24) is 15.3 Å². The molecule has 0 atom stereocenters. The fourth-order valence-electron chi connectivity index (χ4n) is 4.51. The fraction of sp³-hybridized carbons (Fsp3) is 0.464. The maximum Gasteiger partial charge on any atom is 0.230 e. The number of hydrogen-bond acceptors (Lipinski definition) is 6. The lowest BCUT2D eigenvalue weighted by Crippen LogP contribution is -2.41. The van der Waals surface area contributed by atoms with E-state index in [1.165, 1.54) is 5.56 Å². The van der Waals surface area contributed by atoms with Gasteiger partial charge >= 0.3 is 0 Å². The number of amides is 1. The van der Waals surface area contributed by atoms with E-state index in [2.05, 4.69) is 66.9 Å². The molecule has 1 saturated heterocycles. The molecule has 2 N–H and O–H groups in total. The van der Waals surface area contributed by atoms with Crippen molar-refractivity contribution in [2.45, 2.75) is 46.1 Å². The number of benzene rings is 2. The number of anilines is 3. The first kappa shape index (κ1) is 24.9. The van der Waals surface area contributed by atoms with Crippen molar-refractivity contribution in [2.75, 3.05) is 48.8 Å². The average molecular weight is 475 g/mol. The predicted octanol–water partition coefficient (Wildman–Crippen LogP) is 4.75. The maximum absolute atomic E-state index is 13.3. The summed E-state index contributed by atoms with van der Waals surface area (Å²) < 4.78 is 0. The molecule has 0 bridgehead atoms. The Morgan fingerprint density at radius 1 is 1.09 bits per heavy atom. The van der Waals surface area contributed by atoms with E-state index in [4.69, 9.17) is 9.97 Å². The van der Waals surface area contributed by atoms with Gasteiger partial charge in [0.25, 0.3) is 0 Å². The van der Waals surface area contributed by atoms with Gasteiger partial charge in [0.1, 0.15) is 5.82 Å². The molecular formula is C28H38N6O. The van der Waals surface area contributed by atoms with Gasteiger partial charge in [0, 0.05) is 44.2 Å². The van der Waals surface area contributed by atoms with Gasteiger partial charge < -0.3 is 20.4 Å². The Morgan fingerprint density at radius 2 is 1.83 bits per heavy atom. The number of rotatable bonds is 9. The van der Waals surface area contributed by atoms with Crippen LogP contribution in [-0.2, 0) is 11.3 Å². The Bertz CT molecular complexity index is 1140. The van der Waals surface area contributed by atoms with Crippen molar-refractivity contribution >= 4 is 34.3 Å². The molecule has 2 heterocycles. The number of aryl methyl sites for hydroxylation is 1. The van der Waals surface area contributed by atoms with Gasteiger partial charge in [-0.25, -0.2) is 4.98 Å². The van der Waals surface area contributed by atoms with Crippen molar-refractivity contribution in [3.05, 3.63) is 53.6 Å². The molecule has 1 aliphatic rings. The molecule has 1 fully saturated rings. The van der Waals surface area contributed by atoms with E-state index in [-0.39, 0.29) is 11.8 Å². The second kappa shape index (κ2) is 11.5. The van der Waals surface area contributed by atoms with Crippen LogP contribution in [0.15, 0.2) is 42.5 Å². The van der Waals surface area contributed by atoms with E-state index in [0.717, 1.165) is 73.3 Å². The number of piperidine rings is 1. The second-order valence-electron chi connectivity index (χ2n) is 9.67. The Morgan fingerprint density at radius 3 is 2.51 bits per heavy atom. The molecule has 1 amide bonds. The summed E-state index contributed by atoms with van der Waals surface area (Å²) in [5.74, 6) is 1.90. The highest BCUT2D eigenvalue weighted by molar-refractivity contribution is 5.95. The zero-order chi connectivity index (χ0) is 24.8. The number of unbranched alkanes of at least 4 members (excludes halogenated alkanes) is 1. The van der Waals surface area contributed by atoms with Crippen LogP contribution in [-0.4, -0.2) is 49.6 Å². The van der Waals surface area contributed by atoms with E-state index < -0.39 is 0 Å². The Hall–Kier alpha value is -3.19. The number of nitrogens with zero attached hydrogens (tertiary/aromatic N) is 4. The second-order valence-corrected chi connectivity index (χ2v) is 9.67. The molecule has 7 nitrogen and oxygen atoms in total. The van der Waals surface area contributed by atoms with Gasteiger partial charge in [0.05, 0.1) is 5.52 Å². The maximum atomic E-state index is 13.3. The monoisotopic (exact) mass is 474 g/mol. The van der Waals surface area contributed by atoms with Crippen LogP contribution in [0.5, 0.6) is 0 Å². The van der Waals surface area contributed by atoms with E-state index in [9.17, 15) is 4.79 Å². The lowest BCUT2D eigenvalue weighted by Gasteiger charge is -2.30. The lowest BCUT2D eigenvalue weighted by molar-refractivity contribution is -0.123. The van der Waals surface area contributed by atoms with E-state index in [0.29, 0.717) is 12.5 Å². The summed E-state index contributed by atoms with van der Waals surface area (Å²) >= 11 is 0. The number of nitrogens with one attached hydrogen (secondary N) is 2. The first-order valence-electron chi connectivity index (χ1n) is 12.8. The summed E-state index contributed by atoms with van der Waals surface area (Å²) in [4.78, 5) is 26.7. The van der Waals surface area contributed by atoms with Crippen LogP contribution < -0.4 is 20.4 Å². The minimum absolute atomic E-state index is 0.120. The van der Waals surface area contributed by atoms with Gasteiger partial charge in [-0.3, -0.25) is 4.79 Å². The number of fused-ring (bicyclic) bond motifs is 1. The zero-order valence-electron chi connectivity index (χ0n) is 21.5. The van der Waals surface area contributed by atoms with Gasteiger partial charge in [-0.05, 0) is 74.7 Å². The first-order chi connectivity index (χ1) is 17.0. The first-order valence-corrected chi connectivity index (χ1v) is 12.8. The number of aromatic nitrogens is 2. The van der Waals surface area contributed by atoms with Crippen LogP contribution in [0.25, 0.3) is 10.9 Å². The van der Waals surface area contributed by atoms with Crippen molar-refractivity contribution in [2.24, 2.45) is 5.92 Å². The highest BCUT2D eigenvalue weighted by Crippen LogP contribution is 2.26. The van der Waals surface area contributed by atoms with Crippen LogP contribution in [0.1, 0.15) is 43.7 Å². The number of hydrogen-bond donors (Lipinski definition) is 2. The third-order valence-electron chi connectivity index (χ3n) is 6.64. The van der Waals surface area contributed by atoms with Gasteiger partial charge in [-0.1, -0.05) is 31.5 Å². The minimum atomic E-state index is 0.120. The Labute approximate surface area is 208 Å². The molecule has 1 aliphatic heterocycles. The van der Waals surface area contributed by atoms with Crippen molar-refractivity contribution in [1.29, 1.82) is 0 Å². The molecule has 0 radical (unpaired) electrons. The minimum Gasteiger partial charge on any atom is -0.365 e. The molecule has 0 spiro atoms. The lowest BCUT2D eigenvalue weighted by atomic mass is 9.96. The topological polar surface area (TPSA) is 73.4 Å². The van der Waals surface area contributed by atoms with Gasteiger partial charge in [0.2, 0.25) is 11.9 Å². The summed E-state index contributed by atoms with van der Waals surface area (Å²) in [6.07, 6.45) is 3.92. The smallest absolute Gasteiger partial charge is 0.230 e. The van der Waals surface area contributed by atoms with E-state index in [1.54, 1.807) is 0 Å². The largest absolute Gasteiger partial charge is 0.365 e. The van der Waals surface area contributed by atoms with Gasteiger partial charge in [0.15, 0.2) is 0 Å². The summed E-state index contributed by atoms with van der Waals surface area (Å²) in [5, 5.41) is 7.88. The van der Waals surface area contributed by atoms with Gasteiger partial charge in [-0.15, -0.1) is 0 Å². The predicted molar refractivity (Wildman–Crippen MR) is 145 cm³/mol. The summed E-state index contributed by atoms with van der Waals surface area (Å²) in [5.41, 5.74) is 4.24. The number of carbonyl (C=O) groups is 1. The van der Waals surface area contributed by atoms with Crippen molar-refractivity contribution < 1.29 is 4.79 Å². The highest BCUT2D eigenvalue weighted by atomic mass is 16.2. The molecule has 2 aromatic carbocycles. The Kier molecular flexibility index (Phi) is 8.18. The SMILES string of the molecule is CCCCN(C(=O)C1CCNCC1)c1ccc(CNc2nc(N(C)C)nc3cc(C)ccc23)cc1. The van der Waals surface area contributed by atoms with E-state index in [1.807, 2.05) is 23.9 Å². The van der Waals surface area contributed by atoms with Crippen molar-refractivity contribution in [3.63, 3.8) is 0 Å². The standard InChI is InChI=1S/C28H38N6O/c1-5-6-17-34(27(35)22-13-15-29-16-14-22)23-10-8-21(9-11-23)19-30-26-24-12-7-20(2)18-25(24)31-28(32-26)33(3)4/h7-12,18,22,29H,5-6,13-17,19H2,1-4H3,(H,30,31,32). The molecular weight excluding hydrogens is 436 g/mol. The van der Waals surface area contributed by atoms with Crippen LogP contribution in [0.2, 0.25) is 0 Å². The third kappa shape index (κ3) is 6.09. The zero-order valence-corrected chi connectivity index (χ0v) is 21.5. The molecule has 7 heteroatoms. The molecule has 3 aromatic rings. The van der Waals surface area contributed by atoms with Crippen LogP contribution >= 0.6 is 0 Å². The molecule has 35 heavy (non-hydrogen) atoms. The summed E-state index contributed by atoms with van der Waals surface area (Å²) in [6.45, 7) is 7.51. The number of carbonyl (C=O) groups excluding carboxylic acids is 1. The molecule has 0 saturated carbocycles. The van der Waals surface area contributed by atoms with Crippen LogP contribution in [0.4, 0.5) is 17.5 Å². The molecule has 0 aliphatic carbocycles. The molecule has 1 aromatic heterocycles. The van der Waals surface area contributed by atoms with Crippen molar-refractivity contribution in [3.8, 4) is 0 Å². The summed E-state index contributed by atoms with van der Waals surface area (Å²) in [7, 11) is 3.91. The fourth-order valence-corrected chi connectivity index (χ4v) is 4.51. The average Bonchev–Trinajstić information content (AvgIpc) is 2.88. The van der Waals surface area contributed by atoms with Crippen LogP contribution in [0.3, 0.4) is 0 Å². The van der Waals surface area contributed by atoms with Gasteiger partial charge in [-0.2, -0.15) is 4.98 Å². The van der Waals surface area contributed by atoms with E-state index >= 15 is 0 Å². The van der Waals surface area contributed by atoms with Crippen LogP contribution in [0, 0.1) is 12.8 Å². The molecule has 0 unspecified atom stereocenters. The molecule has 4 rings (SSSR count). The summed E-state index contributed by atoms with van der Waals surface area (Å²) in [6, 6.07) is 14.6. The third-order valence-corrected chi connectivity index (χ3v) is 6.64. The highest BCUT2D eigenvalue weighted by Gasteiger charge is 2.26. The quantitative estimate of drug-likeness (QED) is 0.466. The Balaban J connectivity index is 1.50. The normalized spacial score (nSPS) is 14.2.